The van der Waals surface area contributed by atoms with Gasteiger partial charge in [-0.05, 0) is 39.8 Å². The Balaban J connectivity index is 1.46. The largest absolute Gasteiger partial charge is 0.360 e. The zero-order valence-electron chi connectivity index (χ0n) is 15.7. The molecule has 4 rings (SSSR count). The molecular formula is C18H26N6O2. The van der Waals surface area contributed by atoms with Crippen molar-refractivity contribution < 1.29 is 9.32 Å². The molecule has 140 valence electrons. The Hall–Kier alpha value is -2.22. The van der Waals surface area contributed by atoms with E-state index in [0.717, 1.165) is 56.2 Å². The standard InChI is InChI=1S/C18H26N6O2/c1-22(2)11-16-19-20-17(23(16)3)13-5-4-8-24(10-13)18(25)14-9-15(26-21-14)12-6-7-12/h9,12-13H,4-8,10-11H2,1-3H3. The third-order valence-electron chi connectivity index (χ3n) is 5.26. The first-order valence-corrected chi connectivity index (χ1v) is 9.31. The molecule has 1 saturated heterocycles. The van der Waals surface area contributed by atoms with Crippen molar-refractivity contribution in [2.45, 2.75) is 44.1 Å². The maximum Gasteiger partial charge on any atom is 0.276 e. The number of amides is 1. The first-order valence-electron chi connectivity index (χ1n) is 9.31. The van der Waals surface area contributed by atoms with Crippen LogP contribution in [0.15, 0.2) is 10.6 Å². The van der Waals surface area contributed by atoms with Crippen LogP contribution in [0.3, 0.4) is 0 Å². The molecule has 1 amide bonds. The molecule has 0 N–H and O–H groups in total. The number of likely N-dealkylation sites (tertiary alicyclic amines) is 1. The Morgan fingerprint density at radius 1 is 1.27 bits per heavy atom. The second-order valence-electron chi connectivity index (χ2n) is 7.75. The number of piperidine rings is 1. The smallest absolute Gasteiger partial charge is 0.276 e. The lowest BCUT2D eigenvalue weighted by atomic mass is 9.97. The predicted octanol–water partition coefficient (Wildman–Crippen LogP) is 1.76. The minimum Gasteiger partial charge on any atom is -0.360 e. The van der Waals surface area contributed by atoms with Gasteiger partial charge in [0.1, 0.15) is 17.4 Å². The lowest BCUT2D eigenvalue weighted by Gasteiger charge is -2.31. The molecule has 0 spiro atoms. The average Bonchev–Trinajstić information content (AvgIpc) is 3.26. The highest BCUT2D eigenvalue weighted by molar-refractivity contribution is 5.92. The lowest BCUT2D eigenvalue weighted by molar-refractivity contribution is 0.0693. The van der Waals surface area contributed by atoms with E-state index in [1.807, 2.05) is 32.1 Å². The van der Waals surface area contributed by atoms with Gasteiger partial charge in [-0.3, -0.25) is 4.79 Å². The number of aromatic nitrogens is 4. The van der Waals surface area contributed by atoms with Crippen LogP contribution >= 0.6 is 0 Å². The van der Waals surface area contributed by atoms with Crippen molar-refractivity contribution in [1.82, 2.24) is 29.7 Å². The summed E-state index contributed by atoms with van der Waals surface area (Å²) >= 11 is 0. The maximum absolute atomic E-state index is 12.8. The average molecular weight is 358 g/mol. The molecular weight excluding hydrogens is 332 g/mol. The summed E-state index contributed by atoms with van der Waals surface area (Å²) in [4.78, 5) is 16.8. The van der Waals surface area contributed by atoms with Gasteiger partial charge in [-0.25, -0.2) is 0 Å². The van der Waals surface area contributed by atoms with E-state index < -0.39 is 0 Å². The third-order valence-corrected chi connectivity index (χ3v) is 5.26. The molecule has 0 bridgehead atoms. The number of carbonyl (C=O) groups is 1. The van der Waals surface area contributed by atoms with Crippen molar-refractivity contribution in [3.05, 3.63) is 29.2 Å². The van der Waals surface area contributed by atoms with Crippen LogP contribution < -0.4 is 0 Å². The molecule has 1 aliphatic carbocycles. The Morgan fingerprint density at radius 3 is 2.81 bits per heavy atom. The van der Waals surface area contributed by atoms with Crippen molar-refractivity contribution in [2.24, 2.45) is 7.05 Å². The summed E-state index contributed by atoms with van der Waals surface area (Å²) < 4.78 is 7.41. The molecule has 1 atom stereocenters. The van der Waals surface area contributed by atoms with E-state index in [4.69, 9.17) is 4.52 Å². The van der Waals surface area contributed by atoms with Crippen LogP contribution in [0.2, 0.25) is 0 Å². The van der Waals surface area contributed by atoms with Gasteiger partial charge in [-0.2, -0.15) is 0 Å². The van der Waals surface area contributed by atoms with Crippen molar-refractivity contribution in [1.29, 1.82) is 0 Å². The van der Waals surface area contributed by atoms with Crippen LogP contribution in [0.1, 0.15) is 65.4 Å². The summed E-state index contributed by atoms with van der Waals surface area (Å²) in [5, 5.41) is 12.7. The van der Waals surface area contributed by atoms with Gasteiger partial charge in [0.15, 0.2) is 5.69 Å². The Kier molecular flexibility index (Phi) is 4.52. The number of rotatable bonds is 5. The van der Waals surface area contributed by atoms with E-state index in [-0.39, 0.29) is 11.8 Å². The highest BCUT2D eigenvalue weighted by Gasteiger charge is 2.32. The maximum atomic E-state index is 12.8. The SMILES string of the molecule is CN(C)Cc1nnc(C2CCCN(C(=O)c3cc(C4CC4)on3)C2)n1C. The summed E-state index contributed by atoms with van der Waals surface area (Å²) in [6.45, 7) is 2.16. The van der Waals surface area contributed by atoms with Crippen LogP contribution in [0.4, 0.5) is 0 Å². The lowest BCUT2D eigenvalue weighted by Crippen LogP contribution is -2.40. The molecule has 1 saturated carbocycles. The van der Waals surface area contributed by atoms with E-state index >= 15 is 0 Å². The number of hydrogen-bond donors (Lipinski definition) is 0. The van der Waals surface area contributed by atoms with E-state index in [2.05, 4.69) is 24.8 Å². The molecule has 3 heterocycles. The molecule has 2 aromatic rings. The fraction of sp³-hybridized carbons (Fsp3) is 0.667. The first kappa shape index (κ1) is 17.2. The molecule has 2 fully saturated rings. The normalized spacial score (nSPS) is 20.8. The molecule has 0 aromatic carbocycles. The van der Waals surface area contributed by atoms with Crippen molar-refractivity contribution >= 4 is 5.91 Å². The number of nitrogens with zero attached hydrogens (tertiary/aromatic N) is 6. The molecule has 0 radical (unpaired) electrons. The minimum absolute atomic E-state index is 0.0407. The van der Waals surface area contributed by atoms with Gasteiger partial charge in [-0.1, -0.05) is 5.16 Å². The Bertz CT molecular complexity index is 791. The van der Waals surface area contributed by atoms with Crippen LogP contribution in [0.25, 0.3) is 0 Å². The zero-order valence-corrected chi connectivity index (χ0v) is 15.7. The van der Waals surface area contributed by atoms with Crippen LogP contribution in [-0.4, -0.2) is 62.8 Å². The number of carbonyl (C=O) groups excluding carboxylic acids is 1. The second kappa shape index (κ2) is 6.83. The van der Waals surface area contributed by atoms with Crippen LogP contribution in [0.5, 0.6) is 0 Å². The highest BCUT2D eigenvalue weighted by atomic mass is 16.5. The minimum atomic E-state index is -0.0407. The Morgan fingerprint density at radius 2 is 2.08 bits per heavy atom. The molecule has 8 heteroatoms. The van der Waals surface area contributed by atoms with Gasteiger partial charge < -0.3 is 18.9 Å². The first-order chi connectivity index (χ1) is 12.5. The predicted molar refractivity (Wildman–Crippen MR) is 94.8 cm³/mol. The summed E-state index contributed by atoms with van der Waals surface area (Å²) in [6, 6.07) is 1.82. The molecule has 8 nitrogen and oxygen atoms in total. The van der Waals surface area contributed by atoms with E-state index in [9.17, 15) is 4.79 Å². The van der Waals surface area contributed by atoms with Gasteiger partial charge >= 0.3 is 0 Å². The van der Waals surface area contributed by atoms with Crippen LogP contribution in [0, 0.1) is 0 Å². The van der Waals surface area contributed by atoms with E-state index in [1.165, 1.54) is 0 Å². The molecule has 2 aromatic heterocycles. The summed E-state index contributed by atoms with van der Waals surface area (Å²) in [7, 11) is 6.04. The quantitative estimate of drug-likeness (QED) is 0.810. The third kappa shape index (κ3) is 3.38. The second-order valence-corrected chi connectivity index (χ2v) is 7.75. The van der Waals surface area contributed by atoms with E-state index in [1.54, 1.807) is 0 Å². The fourth-order valence-corrected chi connectivity index (χ4v) is 3.64. The summed E-state index contributed by atoms with van der Waals surface area (Å²) in [6.07, 6.45) is 4.25. The Labute approximate surface area is 153 Å². The molecule has 1 aliphatic heterocycles. The van der Waals surface area contributed by atoms with Gasteiger partial charge in [0.05, 0.1) is 6.54 Å². The molecule has 1 unspecified atom stereocenters. The van der Waals surface area contributed by atoms with Crippen LogP contribution in [-0.2, 0) is 13.6 Å². The zero-order chi connectivity index (χ0) is 18.3. The van der Waals surface area contributed by atoms with Crippen molar-refractivity contribution in [2.75, 3.05) is 27.2 Å². The van der Waals surface area contributed by atoms with Gasteiger partial charge in [0, 0.05) is 38.0 Å². The van der Waals surface area contributed by atoms with E-state index in [0.29, 0.717) is 18.2 Å². The summed E-state index contributed by atoms with van der Waals surface area (Å²) in [5.74, 6) is 3.38. The number of hydrogen-bond acceptors (Lipinski definition) is 6. The fourth-order valence-electron chi connectivity index (χ4n) is 3.64. The van der Waals surface area contributed by atoms with Gasteiger partial charge in [-0.15, -0.1) is 10.2 Å². The molecule has 2 aliphatic rings. The molecule has 26 heavy (non-hydrogen) atoms. The van der Waals surface area contributed by atoms with Gasteiger partial charge in [0.2, 0.25) is 0 Å². The van der Waals surface area contributed by atoms with Gasteiger partial charge in [0.25, 0.3) is 5.91 Å². The summed E-state index contributed by atoms with van der Waals surface area (Å²) in [5.41, 5.74) is 0.429. The topological polar surface area (TPSA) is 80.3 Å². The van der Waals surface area contributed by atoms with Crippen molar-refractivity contribution in [3.63, 3.8) is 0 Å². The highest BCUT2D eigenvalue weighted by Crippen LogP contribution is 2.40. The van der Waals surface area contributed by atoms with Crippen molar-refractivity contribution in [3.8, 4) is 0 Å². The monoisotopic (exact) mass is 358 g/mol.